The van der Waals surface area contributed by atoms with Crippen molar-refractivity contribution in [2.24, 2.45) is 0 Å². The van der Waals surface area contributed by atoms with Crippen LogP contribution in [0.5, 0.6) is 0 Å². The van der Waals surface area contributed by atoms with E-state index in [1.165, 1.54) is 11.8 Å². The number of hydrogen-bond donors (Lipinski definition) is 1. The van der Waals surface area contributed by atoms with Crippen LogP contribution in [0.3, 0.4) is 0 Å². The Labute approximate surface area is 144 Å². The van der Waals surface area contributed by atoms with Crippen LogP contribution in [-0.2, 0) is 16.1 Å². The van der Waals surface area contributed by atoms with E-state index in [0.29, 0.717) is 31.7 Å². The third kappa shape index (κ3) is 4.11. The van der Waals surface area contributed by atoms with Gasteiger partial charge in [0.1, 0.15) is 5.03 Å². The van der Waals surface area contributed by atoms with Crippen LogP contribution in [0.25, 0.3) is 0 Å². The third-order valence-electron chi connectivity index (χ3n) is 3.67. The summed E-state index contributed by atoms with van der Waals surface area (Å²) in [6.45, 7) is 0.997. The topological polar surface area (TPSA) is 75.2 Å². The monoisotopic (exact) mass is 342 g/mol. The number of carbonyl (C=O) groups is 2. The average Bonchev–Trinajstić information content (AvgIpc) is 2.63. The Morgan fingerprint density at radius 1 is 1.29 bits per heavy atom. The molecule has 3 heterocycles. The highest BCUT2D eigenvalue weighted by Crippen LogP contribution is 2.33. The fourth-order valence-electron chi connectivity index (χ4n) is 2.48. The number of nitrogens with one attached hydrogen (secondary N) is 1. The highest BCUT2D eigenvalue weighted by atomic mass is 32.2. The van der Waals surface area contributed by atoms with Crippen LogP contribution in [0.15, 0.2) is 47.9 Å². The Morgan fingerprint density at radius 3 is 3.00 bits per heavy atom. The molecular formula is C17H18N4O2S. The molecule has 0 unspecified atom stereocenters. The normalized spacial score (nSPS) is 13.5. The molecule has 2 aromatic rings. The maximum absolute atomic E-state index is 12.1. The summed E-state index contributed by atoms with van der Waals surface area (Å²) in [5.74, 6) is 0.442. The summed E-state index contributed by atoms with van der Waals surface area (Å²) in [7, 11) is 0. The van der Waals surface area contributed by atoms with Crippen molar-refractivity contribution in [2.75, 3.05) is 17.2 Å². The standard InChI is InChI=1S/C17H18N4O2S/c22-15(20-11-13-4-1-7-18-10-13)6-3-9-21-14-5-2-8-19-17(14)24-12-16(21)23/h1-2,4-5,7-8,10H,3,6,9,11-12H2,(H,20,22). The molecule has 3 rings (SSSR count). The van der Waals surface area contributed by atoms with Crippen molar-refractivity contribution in [3.05, 3.63) is 48.4 Å². The third-order valence-corrected chi connectivity index (χ3v) is 4.65. The lowest BCUT2D eigenvalue weighted by Gasteiger charge is -2.27. The first kappa shape index (κ1) is 16.4. The highest BCUT2D eigenvalue weighted by Gasteiger charge is 2.24. The molecule has 1 aliphatic rings. The molecule has 0 aliphatic carbocycles. The van der Waals surface area contributed by atoms with Crippen LogP contribution in [0.1, 0.15) is 18.4 Å². The molecule has 0 saturated carbocycles. The van der Waals surface area contributed by atoms with Gasteiger partial charge in [-0.1, -0.05) is 17.8 Å². The minimum absolute atomic E-state index is 0.0240. The number of anilines is 1. The first-order valence-electron chi connectivity index (χ1n) is 7.78. The summed E-state index contributed by atoms with van der Waals surface area (Å²) >= 11 is 1.46. The van der Waals surface area contributed by atoms with E-state index < -0.39 is 0 Å². The summed E-state index contributed by atoms with van der Waals surface area (Å²) in [5, 5.41) is 3.74. The molecule has 24 heavy (non-hydrogen) atoms. The van der Waals surface area contributed by atoms with Gasteiger partial charge in [-0.25, -0.2) is 4.98 Å². The van der Waals surface area contributed by atoms with Crippen molar-refractivity contribution in [1.29, 1.82) is 0 Å². The number of rotatable bonds is 6. The number of hydrogen-bond acceptors (Lipinski definition) is 5. The summed E-state index contributed by atoms with van der Waals surface area (Å²) in [6, 6.07) is 7.48. The molecule has 1 aliphatic heterocycles. The number of aromatic nitrogens is 2. The van der Waals surface area contributed by atoms with E-state index in [1.807, 2.05) is 24.3 Å². The molecule has 0 radical (unpaired) electrons. The van der Waals surface area contributed by atoms with E-state index in [0.717, 1.165) is 16.3 Å². The van der Waals surface area contributed by atoms with Gasteiger partial charge in [-0.15, -0.1) is 0 Å². The van der Waals surface area contributed by atoms with E-state index in [-0.39, 0.29) is 11.8 Å². The Bertz CT molecular complexity index is 724. The van der Waals surface area contributed by atoms with Crippen molar-refractivity contribution in [1.82, 2.24) is 15.3 Å². The van der Waals surface area contributed by atoms with Crippen LogP contribution in [0, 0.1) is 0 Å². The number of nitrogens with zero attached hydrogens (tertiary/aromatic N) is 3. The van der Waals surface area contributed by atoms with Crippen LogP contribution in [0.4, 0.5) is 5.69 Å². The van der Waals surface area contributed by atoms with Crippen molar-refractivity contribution in [3.63, 3.8) is 0 Å². The molecule has 6 nitrogen and oxygen atoms in total. The van der Waals surface area contributed by atoms with E-state index in [4.69, 9.17) is 0 Å². The van der Waals surface area contributed by atoms with Gasteiger partial charge in [0.05, 0.1) is 11.4 Å². The van der Waals surface area contributed by atoms with Crippen LogP contribution in [-0.4, -0.2) is 34.1 Å². The summed E-state index contributed by atoms with van der Waals surface area (Å²) in [5.41, 5.74) is 1.81. The summed E-state index contributed by atoms with van der Waals surface area (Å²) < 4.78 is 0. The average molecular weight is 342 g/mol. The van der Waals surface area contributed by atoms with Gasteiger partial charge in [-0.2, -0.15) is 0 Å². The smallest absolute Gasteiger partial charge is 0.237 e. The molecule has 2 amide bonds. The number of thioether (sulfide) groups is 1. The lowest BCUT2D eigenvalue weighted by molar-refractivity contribution is -0.121. The van der Waals surface area contributed by atoms with Gasteiger partial charge in [0.15, 0.2) is 0 Å². The van der Waals surface area contributed by atoms with E-state index in [1.54, 1.807) is 23.5 Å². The van der Waals surface area contributed by atoms with Gasteiger partial charge in [0.2, 0.25) is 11.8 Å². The van der Waals surface area contributed by atoms with Gasteiger partial charge in [-0.3, -0.25) is 14.6 Å². The summed E-state index contributed by atoms with van der Waals surface area (Å²) in [6.07, 6.45) is 6.16. The molecule has 0 spiro atoms. The van der Waals surface area contributed by atoms with E-state index in [9.17, 15) is 9.59 Å². The first-order valence-corrected chi connectivity index (χ1v) is 8.76. The Kier molecular flexibility index (Phi) is 5.43. The van der Waals surface area contributed by atoms with Crippen LogP contribution < -0.4 is 10.2 Å². The zero-order valence-corrected chi connectivity index (χ0v) is 14.0. The molecule has 7 heteroatoms. The Balaban J connectivity index is 1.48. The predicted molar refractivity (Wildman–Crippen MR) is 92.6 cm³/mol. The van der Waals surface area contributed by atoms with Crippen molar-refractivity contribution in [3.8, 4) is 0 Å². The fraction of sp³-hybridized carbons (Fsp3) is 0.294. The minimum atomic E-state index is -0.0240. The quantitative estimate of drug-likeness (QED) is 0.869. The zero-order chi connectivity index (χ0) is 16.8. The van der Waals surface area contributed by atoms with Gasteiger partial charge in [0.25, 0.3) is 0 Å². The fourth-order valence-corrected chi connectivity index (χ4v) is 3.35. The van der Waals surface area contributed by atoms with Crippen molar-refractivity contribution >= 4 is 29.3 Å². The molecule has 2 aromatic heterocycles. The maximum Gasteiger partial charge on any atom is 0.237 e. The van der Waals surface area contributed by atoms with Crippen LogP contribution >= 0.6 is 11.8 Å². The number of fused-ring (bicyclic) bond motifs is 1. The Morgan fingerprint density at radius 2 is 2.17 bits per heavy atom. The van der Waals surface area contributed by atoms with Gasteiger partial charge >= 0.3 is 0 Å². The predicted octanol–water partition coefficient (Wildman–Crippen LogP) is 2.01. The second-order valence-corrected chi connectivity index (χ2v) is 6.37. The molecule has 1 N–H and O–H groups in total. The molecule has 0 saturated heterocycles. The molecule has 124 valence electrons. The first-order chi connectivity index (χ1) is 11.7. The molecule has 0 aromatic carbocycles. The zero-order valence-electron chi connectivity index (χ0n) is 13.1. The minimum Gasteiger partial charge on any atom is -0.352 e. The molecule has 0 bridgehead atoms. The van der Waals surface area contributed by atoms with E-state index in [2.05, 4.69) is 15.3 Å². The maximum atomic E-state index is 12.1. The van der Waals surface area contributed by atoms with Crippen molar-refractivity contribution < 1.29 is 9.59 Å². The molecular weight excluding hydrogens is 324 g/mol. The Hall–Kier alpha value is -2.41. The van der Waals surface area contributed by atoms with Crippen LogP contribution in [0.2, 0.25) is 0 Å². The highest BCUT2D eigenvalue weighted by molar-refractivity contribution is 8.00. The molecule has 0 atom stereocenters. The SMILES string of the molecule is O=C(CCCN1C(=O)CSc2ncccc21)NCc1cccnc1. The van der Waals surface area contributed by atoms with Gasteiger partial charge in [0, 0.05) is 38.1 Å². The molecule has 0 fully saturated rings. The number of carbonyl (C=O) groups excluding carboxylic acids is 2. The van der Waals surface area contributed by atoms with Gasteiger partial charge < -0.3 is 10.2 Å². The lowest BCUT2D eigenvalue weighted by Crippen LogP contribution is -2.37. The van der Waals surface area contributed by atoms with Gasteiger partial charge in [-0.05, 0) is 30.2 Å². The summed E-state index contributed by atoms with van der Waals surface area (Å²) in [4.78, 5) is 34.1. The number of amides is 2. The second-order valence-electron chi connectivity index (χ2n) is 5.40. The van der Waals surface area contributed by atoms with E-state index >= 15 is 0 Å². The lowest BCUT2D eigenvalue weighted by atomic mass is 10.2. The second kappa shape index (κ2) is 7.92. The van der Waals surface area contributed by atoms with Crippen molar-refractivity contribution in [2.45, 2.75) is 24.4 Å². The number of pyridine rings is 2. The largest absolute Gasteiger partial charge is 0.352 e.